The first-order chi connectivity index (χ1) is 8.58. The van der Waals surface area contributed by atoms with Gasteiger partial charge in [-0.25, -0.2) is 4.79 Å². The molecule has 0 amide bonds. The van der Waals surface area contributed by atoms with Crippen LogP contribution in [0.25, 0.3) is 6.08 Å². The molecule has 0 radical (unpaired) electrons. The smallest absolute Gasteiger partial charge is 0.328 e. The molecule has 0 heterocycles. The molecule has 1 aromatic carbocycles. The van der Waals surface area contributed by atoms with E-state index in [1.807, 2.05) is 6.07 Å². The van der Waals surface area contributed by atoms with Crippen LogP contribution in [0.3, 0.4) is 0 Å². The van der Waals surface area contributed by atoms with E-state index in [1.54, 1.807) is 12.1 Å². The Balaban J connectivity index is 3.10. The number of halogens is 1. The van der Waals surface area contributed by atoms with Crippen LogP contribution in [0, 0.1) is 11.3 Å². The number of benzene rings is 1. The highest BCUT2D eigenvalue weighted by Crippen LogP contribution is 2.34. The third-order valence-electron chi connectivity index (χ3n) is 1.98. The molecule has 0 aliphatic rings. The van der Waals surface area contributed by atoms with Gasteiger partial charge in [0, 0.05) is 10.5 Å². The fourth-order valence-corrected chi connectivity index (χ4v) is 1.68. The van der Waals surface area contributed by atoms with E-state index >= 15 is 0 Å². The predicted molar refractivity (Wildman–Crippen MR) is 68.5 cm³/mol. The zero-order valence-corrected chi connectivity index (χ0v) is 11.1. The van der Waals surface area contributed by atoms with Gasteiger partial charge in [0.1, 0.15) is 6.07 Å². The largest absolute Gasteiger partial charge is 0.493 e. The van der Waals surface area contributed by atoms with Gasteiger partial charge < -0.3 is 14.6 Å². The van der Waals surface area contributed by atoms with Crippen LogP contribution in [-0.2, 0) is 4.79 Å². The van der Waals surface area contributed by atoms with E-state index in [9.17, 15) is 4.79 Å². The van der Waals surface area contributed by atoms with Crippen LogP contribution >= 0.6 is 15.9 Å². The highest BCUT2D eigenvalue weighted by Gasteiger charge is 2.09. The minimum absolute atomic E-state index is 0.0902. The van der Waals surface area contributed by atoms with Gasteiger partial charge in [-0.3, -0.25) is 0 Å². The lowest BCUT2D eigenvalue weighted by atomic mass is 10.2. The van der Waals surface area contributed by atoms with Crippen LogP contribution < -0.4 is 9.47 Å². The van der Waals surface area contributed by atoms with Crippen molar-refractivity contribution in [3.8, 4) is 17.6 Å². The van der Waals surface area contributed by atoms with Gasteiger partial charge in [0.25, 0.3) is 0 Å². The van der Waals surface area contributed by atoms with E-state index in [2.05, 4.69) is 15.9 Å². The predicted octanol–water partition coefficient (Wildman–Crippen LogP) is 2.46. The van der Waals surface area contributed by atoms with Gasteiger partial charge in [-0.15, -0.1) is 0 Å². The first-order valence-corrected chi connectivity index (χ1v) is 5.66. The summed E-state index contributed by atoms with van der Waals surface area (Å²) in [6.07, 6.45) is 2.46. The summed E-state index contributed by atoms with van der Waals surface area (Å²) in [6, 6.07) is 5.10. The number of nitriles is 1. The summed E-state index contributed by atoms with van der Waals surface area (Å²) in [6.45, 7) is -0.0902. The second kappa shape index (κ2) is 6.67. The van der Waals surface area contributed by atoms with E-state index < -0.39 is 5.97 Å². The summed E-state index contributed by atoms with van der Waals surface area (Å²) in [4.78, 5) is 10.5. The van der Waals surface area contributed by atoms with E-state index in [1.165, 1.54) is 13.2 Å². The molecule has 94 valence electrons. The molecule has 0 aromatic heterocycles. The molecule has 0 saturated carbocycles. The summed E-state index contributed by atoms with van der Waals surface area (Å²) >= 11 is 3.29. The Bertz CT molecular complexity index is 520. The third-order valence-corrected chi connectivity index (χ3v) is 2.67. The summed E-state index contributed by atoms with van der Waals surface area (Å²) < 4.78 is 10.9. The van der Waals surface area contributed by atoms with Crippen molar-refractivity contribution in [3.05, 3.63) is 28.2 Å². The lowest BCUT2D eigenvalue weighted by Crippen LogP contribution is -1.97. The van der Waals surface area contributed by atoms with Gasteiger partial charge >= 0.3 is 5.97 Å². The molecule has 0 atom stereocenters. The molecular weight excluding hydrogens is 302 g/mol. The number of aliphatic carboxylic acids is 1. The molecule has 0 bridgehead atoms. The van der Waals surface area contributed by atoms with Gasteiger partial charge in [0.2, 0.25) is 0 Å². The molecule has 0 saturated heterocycles. The second-order valence-corrected chi connectivity index (χ2v) is 4.00. The highest BCUT2D eigenvalue weighted by atomic mass is 79.9. The van der Waals surface area contributed by atoms with Crippen molar-refractivity contribution in [2.24, 2.45) is 0 Å². The third kappa shape index (κ3) is 3.79. The number of carboxylic acids is 1. The van der Waals surface area contributed by atoms with Gasteiger partial charge in [0.15, 0.2) is 18.1 Å². The lowest BCUT2D eigenvalue weighted by molar-refractivity contribution is -0.131. The van der Waals surface area contributed by atoms with Crippen molar-refractivity contribution in [1.29, 1.82) is 5.26 Å². The van der Waals surface area contributed by atoms with Crippen LogP contribution in [0.5, 0.6) is 11.5 Å². The fraction of sp³-hybridized carbons (Fsp3) is 0.167. The number of carbonyl (C=O) groups is 1. The van der Waals surface area contributed by atoms with Crippen molar-refractivity contribution in [3.63, 3.8) is 0 Å². The van der Waals surface area contributed by atoms with Gasteiger partial charge in [0.05, 0.1) is 7.11 Å². The second-order valence-electron chi connectivity index (χ2n) is 3.14. The van der Waals surface area contributed by atoms with Crippen LogP contribution in [0.4, 0.5) is 0 Å². The number of rotatable bonds is 5. The molecule has 1 rings (SSSR count). The highest BCUT2D eigenvalue weighted by molar-refractivity contribution is 9.10. The Hall–Kier alpha value is -2.00. The van der Waals surface area contributed by atoms with Gasteiger partial charge in [-0.05, 0) is 23.8 Å². The van der Waals surface area contributed by atoms with Crippen LogP contribution in [0.2, 0.25) is 0 Å². The summed E-state index contributed by atoms with van der Waals surface area (Å²) in [5.74, 6) is -0.192. The van der Waals surface area contributed by atoms with Crippen molar-refractivity contribution in [2.45, 2.75) is 0 Å². The Labute approximate surface area is 112 Å². The monoisotopic (exact) mass is 311 g/mol. The molecule has 0 aliphatic heterocycles. The van der Waals surface area contributed by atoms with Crippen molar-refractivity contribution in [1.82, 2.24) is 0 Å². The summed E-state index contributed by atoms with van der Waals surface area (Å²) in [5.41, 5.74) is 0.638. The Kier molecular flexibility index (Phi) is 5.21. The molecule has 0 unspecified atom stereocenters. The number of nitrogens with zero attached hydrogens (tertiary/aromatic N) is 1. The average Bonchev–Trinajstić information content (AvgIpc) is 2.34. The van der Waals surface area contributed by atoms with Gasteiger partial charge in [-0.2, -0.15) is 5.26 Å². The van der Waals surface area contributed by atoms with Gasteiger partial charge in [-0.1, -0.05) is 15.9 Å². The van der Waals surface area contributed by atoms with E-state index in [-0.39, 0.29) is 6.61 Å². The zero-order valence-electron chi connectivity index (χ0n) is 9.51. The first-order valence-electron chi connectivity index (χ1n) is 4.86. The SMILES string of the molecule is COc1cc(C=CC(=O)O)c(Br)cc1OCC#N. The molecule has 1 aromatic rings. The number of ether oxygens (including phenoxy) is 2. The normalized spacial score (nSPS) is 10.1. The maximum atomic E-state index is 10.5. The Morgan fingerprint density at radius 2 is 2.28 bits per heavy atom. The maximum absolute atomic E-state index is 10.5. The molecule has 18 heavy (non-hydrogen) atoms. The van der Waals surface area contributed by atoms with Crippen molar-refractivity contribution < 1.29 is 19.4 Å². The Morgan fingerprint density at radius 1 is 1.56 bits per heavy atom. The fourth-order valence-electron chi connectivity index (χ4n) is 1.22. The molecule has 0 fully saturated rings. The molecule has 0 aliphatic carbocycles. The molecule has 5 nitrogen and oxygen atoms in total. The number of hydrogen-bond donors (Lipinski definition) is 1. The first kappa shape index (κ1) is 14.1. The van der Waals surface area contributed by atoms with E-state index in [0.717, 1.165) is 6.08 Å². The van der Waals surface area contributed by atoms with Crippen LogP contribution in [0.1, 0.15) is 5.56 Å². The minimum atomic E-state index is -1.04. The quantitative estimate of drug-likeness (QED) is 0.845. The average molecular weight is 312 g/mol. The molecule has 0 spiro atoms. The summed E-state index contributed by atoms with van der Waals surface area (Å²) in [7, 11) is 1.47. The summed E-state index contributed by atoms with van der Waals surface area (Å²) in [5, 5.41) is 17.0. The zero-order chi connectivity index (χ0) is 13.5. The topological polar surface area (TPSA) is 79.6 Å². The standard InChI is InChI=1S/C12H10BrNO4/c1-17-10-6-8(2-3-12(15)16)9(13)7-11(10)18-5-4-14/h2-3,6-7H,5H2,1H3,(H,15,16). The minimum Gasteiger partial charge on any atom is -0.493 e. The van der Waals surface area contributed by atoms with Crippen molar-refractivity contribution >= 4 is 28.0 Å². The lowest BCUT2D eigenvalue weighted by Gasteiger charge is -2.10. The molecule has 1 N–H and O–H groups in total. The number of hydrogen-bond acceptors (Lipinski definition) is 4. The number of methoxy groups -OCH3 is 1. The van der Waals surface area contributed by atoms with E-state index in [0.29, 0.717) is 21.5 Å². The van der Waals surface area contributed by atoms with Crippen molar-refractivity contribution in [2.75, 3.05) is 13.7 Å². The molecular formula is C12H10BrNO4. The molecule has 6 heteroatoms. The van der Waals surface area contributed by atoms with Crippen LogP contribution in [0.15, 0.2) is 22.7 Å². The van der Waals surface area contributed by atoms with Crippen LogP contribution in [-0.4, -0.2) is 24.8 Å². The number of carboxylic acid groups (broad SMARTS) is 1. The van der Waals surface area contributed by atoms with E-state index in [4.69, 9.17) is 19.8 Å². The Morgan fingerprint density at radius 3 is 2.83 bits per heavy atom. The maximum Gasteiger partial charge on any atom is 0.328 e.